The molecule has 0 aliphatic rings. The molecule has 0 aliphatic carbocycles. The van der Waals surface area contributed by atoms with Crippen LogP contribution in [0.3, 0.4) is 0 Å². The third kappa shape index (κ3) is 4.06. The standard InChI is InChI=1S/C18H22IN/c1-4-18(16-7-5-13(2)6-8-16)20-14(3)15-9-11-17(19)12-10-15/h5-12,14,18,20H,4H2,1-3H3. The highest BCUT2D eigenvalue weighted by Crippen LogP contribution is 2.23. The van der Waals surface area contributed by atoms with Crippen LogP contribution in [0.25, 0.3) is 0 Å². The van der Waals surface area contributed by atoms with Gasteiger partial charge in [0, 0.05) is 15.7 Å². The van der Waals surface area contributed by atoms with E-state index in [2.05, 4.69) is 97.2 Å². The molecule has 0 radical (unpaired) electrons. The number of aryl methyl sites for hydroxylation is 1. The monoisotopic (exact) mass is 379 g/mol. The lowest BCUT2D eigenvalue weighted by molar-refractivity contribution is 0.456. The number of hydrogen-bond acceptors (Lipinski definition) is 1. The Morgan fingerprint density at radius 2 is 1.50 bits per heavy atom. The molecule has 1 N–H and O–H groups in total. The summed E-state index contributed by atoms with van der Waals surface area (Å²) in [5.74, 6) is 0. The molecule has 0 fully saturated rings. The van der Waals surface area contributed by atoms with Crippen LogP contribution >= 0.6 is 22.6 Å². The van der Waals surface area contributed by atoms with E-state index >= 15 is 0 Å². The minimum Gasteiger partial charge on any atom is -0.303 e. The minimum atomic E-state index is 0.359. The summed E-state index contributed by atoms with van der Waals surface area (Å²) in [6.07, 6.45) is 1.10. The maximum absolute atomic E-state index is 3.74. The number of halogens is 1. The molecule has 0 saturated heterocycles. The highest BCUT2D eigenvalue weighted by molar-refractivity contribution is 14.1. The summed E-state index contributed by atoms with van der Waals surface area (Å²) in [5.41, 5.74) is 4.03. The average Bonchev–Trinajstić information content (AvgIpc) is 2.46. The van der Waals surface area contributed by atoms with Gasteiger partial charge in [0.15, 0.2) is 0 Å². The lowest BCUT2D eigenvalue weighted by Gasteiger charge is -2.23. The van der Waals surface area contributed by atoms with Gasteiger partial charge in [0.25, 0.3) is 0 Å². The Labute approximate surface area is 135 Å². The minimum absolute atomic E-state index is 0.359. The first-order valence-corrected chi connectivity index (χ1v) is 8.26. The zero-order chi connectivity index (χ0) is 14.5. The summed E-state index contributed by atoms with van der Waals surface area (Å²) in [5, 5.41) is 3.74. The van der Waals surface area contributed by atoms with E-state index in [-0.39, 0.29) is 0 Å². The van der Waals surface area contributed by atoms with Crippen LogP contribution in [-0.2, 0) is 0 Å². The van der Waals surface area contributed by atoms with E-state index < -0.39 is 0 Å². The van der Waals surface area contributed by atoms with Crippen LogP contribution < -0.4 is 5.32 Å². The van der Waals surface area contributed by atoms with Gasteiger partial charge in [0.05, 0.1) is 0 Å². The summed E-state index contributed by atoms with van der Waals surface area (Å²) in [6.45, 7) is 6.60. The van der Waals surface area contributed by atoms with E-state index in [4.69, 9.17) is 0 Å². The van der Waals surface area contributed by atoms with Gasteiger partial charge >= 0.3 is 0 Å². The Balaban J connectivity index is 2.09. The van der Waals surface area contributed by atoms with Crippen molar-refractivity contribution < 1.29 is 0 Å². The highest BCUT2D eigenvalue weighted by Gasteiger charge is 2.13. The van der Waals surface area contributed by atoms with Crippen LogP contribution in [0, 0.1) is 10.5 Å². The SMILES string of the molecule is CCC(NC(C)c1ccc(I)cc1)c1ccc(C)cc1. The van der Waals surface area contributed by atoms with Crippen molar-refractivity contribution in [1.29, 1.82) is 0 Å². The Morgan fingerprint density at radius 3 is 2.05 bits per heavy atom. The summed E-state index contributed by atoms with van der Waals surface area (Å²) < 4.78 is 1.28. The Bertz CT molecular complexity index is 530. The van der Waals surface area contributed by atoms with Crippen LogP contribution in [0.5, 0.6) is 0 Å². The molecule has 2 aromatic carbocycles. The summed E-state index contributed by atoms with van der Waals surface area (Å²) >= 11 is 2.34. The Hall–Kier alpha value is -0.870. The van der Waals surface area contributed by atoms with Gasteiger partial charge in [-0.3, -0.25) is 0 Å². The van der Waals surface area contributed by atoms with Crippen LogP contribution in [0.2, 0.25) is 0 Å². The van der Waals surface area contributed by atoms with E-state index in [1.807, 2.05) is 0 Å². The van der Waals surface area contributed by atoms with Crippen molar-refractivity contribution in [3.8, 4) is 0 Å². The van der Waals surface area contributed by atoms with Crippen molar-refractivity contribution in [3.63, 3.8) is 0 Å². The quantitative estimate of drug-likeness (QED) is 0.686. The number of hydrogen-bond donors (Lipinski definition) is 1. The summed E-state index contributed by atoms with van der Waals surface area (Å²) in [6, 6.07) is 18.4. The second-order valence-electron chi connectivity index (χ2n) is 5.31. The van der Waals surface area contributed by atoms with E-state index in [0.29, 0.717) is 12.1 Å². The molecule has 2 unspecified atom stereocenters. The predicted molar refractivity (Wildman–Crippen MR) is 94.9 cm³/mol. The zero-order valence-electron chi connectivity index (χ0n) is 12.4. The molecule has 20 heavy (non-hydrogen) atoms. The molecule has 0 saturated carbocycles. The third-order valence-electron chi connectivity index (χ3n) is 3.71. The number of nitrogens with one attached hydrogen (secondary N) is 1. The predicted octanol–water partition coefficient (Wildman–Crippen LogP) is 5.40. The van der Waals surface area contributed by atoms with Gasteiger partial charge < -0.3 is 5.32 Å². The fraction of sp³-hybridized carbons (Fsp3) is 0.333. The van der Waals surface area contributed by atoms with Gasteiger partial charge in [-0.15, -0.1) is 0 Å². The van der Waals surface area contributed by atoms with Gasteiger partial charge in [0.1, 0.15) is 0 Å². The molecule has 2 atom stereocenters. The van der Waals surface area contributed by atoms with Gasteiger partial charge in [-0.1, -0.05) is 48.9 Å². The van der Waals surface area contributed by atoms with Crippen molar-refractivity contribution >= 4 is 22.6 Å². The lowest BCUT2D eigenvalue weighted by atomic mass is 10.0. The van der Waals surface area contributed by atoms with Gasteiger partial charge in [-0.05, 0) is 66.1 Å². The molecular formula is C18H22IN. The summed E-state index contributed by atoms with van der Waals surface area (Å²) in [7, 11) is 0. The molecule has 1 nitrogen and oxygen atoms in total. The summed E-state index contributed by atoms with van der Waals surface area (Å²) in [4.78, 5) is 0. The first-order chi connectivity index (χ1) is 9.60. The van der Waals surface area contributed by atoms with Gasteiger partial charge in [-0.2, -0.15) is 0 Å². The van der Waals surface area contributed by atoms with Gasteiger partial charge in [-0.25, -0.2) is 0 Å². The second-order valence-corrected chi connectivity index (χ2v) is 6.56. The largest absolute Gasteiger partial charge is 0.303 e. The molecule has 0 heterocycles. The zero-order valence-corrected chi connectivity index (χ0v) is 14.5. The normalized spacial score (nSPS) is 14.0. The molecule has 2 rings (SSSR count). The number of rotatable bonds is 5. The number of benzene rings is 2. The maximum Gasteiger partial charge on any atom is 0.0323 e. The van der Waals surface area contributed by atoms with Gasteiger partial charge in [0.2, 0.25) is 0 Å². The van der Waals surface area contributed by atoms with Crippen molar-refractivity contribution in [1.82, 2.24) is 5.32 Å². The fourth-order valence-electron chi connectivity index (χ4n) is 2.40. The van der Waals surface area contributed by atoms with Crippen molar-refractivity contribution in [3.05, 3.63) is 68.8 Å². The van der Waals surface area contributed by atoms with Crippen molar-refractivity contribution in [2.75, 3.05) is 0 Å². The topological polar surface area (TPSA) is 12.0 Å². The first kappa shape index (κ1) is 15.5. The van der Waals surface area contributed by atoms with E-state index in [0.717, 1.165) is 6.42 Å². The molecule has 0 spiro atoms. The lowest BCUT2D eigenvalue weighted by Crippen LogP contribution is -2.24. The molecule has 2 heteroatoms. The molecular weight excluding hydrogens is 357 g/mol. The van der Waals surface area contributed by atoms with Crippen LogP contribution in [0.4, 0.5) is 0 Å². The molecule has 106 valence electrons. The third-order valence-corrected chi connectivity index (χ3v) is 4.43. The van der Waals surface area contributed by atoms with E-state index in [1.165, 1.54) is 20.3 Å². The van der Waals surface area contributed by atoms with Crippen LogP contribution in [0.1, 0.15) is 49.0 Å². The van der Waals surface area contributed by atoms with Crippen molar-refractivity contribution in [2.24, 2.45) is 0 Å². The molecule has 2 aromatic rings. The molecule has 0 aromatic heterocycles. The van der Waals surface area contributed by atoms with E-state index in [9.17, 15) is 0 Å². The average molecular weight is 379 g/mol. The Morgan fingerprint density at radius 1 is 0.950 bits per heavy atom. The molecule has 0 aliphatic heterocycles. The maximum atomic E-state index is 3.74. The van der Waals surface area contributed by atoms with Crippen LogP contribution in [-0.4, -0.2) is 0 Å². The second kappa shape index (κ2) is 7.23. The highest BCUT2D eigenvalue weighted by atomic mass is 127. The first-order valence-electron chi connectivity index (χ1n) is 7.18. The Kier molecular flexibility index (Phi) is 5.61. The van der Waals surface area contributed by atoms with E-state index in [1.54, 1.807) is 0 Å². The van der Waals surface area contributed by atoms with Crippen LogP contribution in [0.15, 0.2) is 48.5 Å². The fourth-order valence-corrected chi connectivity index (χ4v) is 2.76. The smallest absolute Gasteiger partial charge is 0.0323 e. The molecule has 0 amide bonds. The van der Waals surface area contributed by atoms with Crippen molar-refractivity contribution in [2.45, 2.75) is 39.3 Å². The molecule has 0 bridgehead atoms.